The SMILES string of the molecule is NCc1ccc(CS(=O)(=O)N2CCC(O)CC2)cc1. The Kier molecular flexibility index (Phi) is 4.57. The fourth-order valence-electron chi connectivity index (χ4n) is 2.19. The number of sulfonamides is 1. The molecular weight excluding hydrogens is 264 g/mol. The van der Waals surface area contributed by atoms with Crippen LogP contribution in [0.5, 0.6) is 0 Å². The Hall–Kier alpha value is -0.950. The predicted molar refractivity (Wildman–Crippen MR) is 73.8 cm³/mol. The van der Waals surface area contributed by atoms with Gasteiger partial charge in [-0.15, -0.1) is 0 Å². The average Bonchev–Trinajstić information content (AvgIpc) is 2.40. The monoisotopic (exact) mass is 284 g/mol. The van der Waals surface area contributed by atoms with E-state index in [0.29, 0.717) is 32.5 Å². The zero-order chi connectivity index (χ0) is 13.9. The maximum Gasteiger partial charge on any atom is 0.218 e. The third-order valence-corrected chi connectivity index (χ3v) is 5.27. The Morgan fingerprint density at radius 2 is 1.68 bits per heavy atom. The maximum absolute atomic E-state index is 12.2. The molecule has 0 amide bonds. The van der Waals surface area contributed by atoms with Crippen molar-refractivity contribution in [2.45, 2.75) is 31.2 Å². The zero-order valence-electron chi connectivity index (χ0n) is 10.8. The van der Waals surface area contributed by atoms with Gasteiger partial charge >= 0.3 is 0 Å². The minimum atomic E-state index is -3.29. The number of benzene rings is 1. The number of nitrogens with zero attached hydrogens (tertiary/aromatic N) is 1. The molecule has 0 bridgehead atoms. The van der Waals surface area contributed by atoms with Crippen LogP contribution in [0.15, 0.2) is 24.3 Å². The summed E-state index contributed by atoms with van der Waals surface area (Å²) in [5, 5.41) is 9.41. The summed E-state index contributed by atoms with van der Waals surface area (Å²) >= 11 is 0. The molecule has 0 atom stereocenters. The molecular formula is C13H20N2O3S. The van der Waals surface area contributed by atoms with Crippen LogP contribution in [0.3, 0.4) is 0 Å². The Labute approximate surface area is 114 Å². The molecule has 106 valence electrons. The van der Waals surface area contributed by atoms with E-state index in [4.69, 9.17) is 5.73 Å². The van der Waals surface area contributed by atoms with Crippen molar-refractivity contribution in [3.05, 3.63) is 35.4 Å². The Bertz CT molecular complexity index is 505. The van der Waals surface area contributed by atoms with E-state index in [1.807, 2.05) is 12.1 Å². The standard InChI is InChI=1S/C13H20N2O3S/c14-9-11-1-3-12(4-2-11)10-19(17,18)15-7-5-13(16)6-8-15/h1-4,13,16H,5-10,14H2. The second kappa shape index (κ2) is 6.00. The van der Waals surface area contributed by atoms with Crippen molar-refractivity contribution in [1.82, 2.24) is 4.31 Å². The molecule has 1 fully saturated rings. The highest BCUT2D eigenvalue weighted by molar-refractivity contribution is 7.88. The van der Waals surface area contributed by atoms with Crippen LogP contribution < -0.4 is 5.73 Å². The number of aliphatic hydroxyl groups excluding tert-OH is 1. The second-order valence-electron chi connectivity index (χ2n) is 4.91. The lowest BCUT2D eigenvalue weighted by Crippen LogP contribution is -2.40. The summed E-state index contributed by atoms with van der Waals surface area (Å²) < 4.78 is 25.9. The predicted octanol–water partition coefficient (Wildman–Crippen LogP) is 0.432. The van der Waals surface area contributed by atoms with Gasteiger partial charge in [-0.1, -0.05) is 24.3 Å². The normalized spacial score (nSPS) is 18.6. The molecule has 0 spiro atoms. The molecule has 1 aliphatic heterocycles. The van der Waals surface area contributed by atoms with Crippen LogP contribution in [0.1, 0.15) is 24.0 Å². The van der Waals surface area contributed by atoms with Gasteiger partial charge in [0.2, 0.25) is 10.0 Å². The number of hydrogen-bond acceptors (Lipinski definition) is 4. The lowest BCUT2D eigenvalue weighted by atomic mass is 10.1. The van der Waals surface area contributed by atoms with Crippen LogP contribution in [-0.2, 0) is 22.3 Å². The van der Waals surface area contributed by atoms with Gasteiger partial charge < -0.3 is 10.8 Å². The highest BCUT2D eigenvalue weighted by Crippen LogP contribution is 2.17. The molecule has 1 aromatic carbocycles. The van der Waals surface area contributed by atoms with E-state index in [2.05, 4.69) is 0 Å². The van der Waals surface area contributed by atoms with E-state index in [1.165, 1.54) is 4.31 Å². The molecule has 0 aliphatic carbocycles. The van der Waals surface area contributed by atoms with Crippen LogP contribution in [0.25, 0.3) is 0 Å². The van der Waals surface area contributed by atoms with Gasteiger partial charge in [-0.2, -0.15) is 0 Å². The zero-order valence-corrected chi connectivity index (χ0v) is 11.6. The number of hydrogen-bond donors (Lipinski definition) is 2. The summed E-state index contributed by atoms with van der Waals surface area (Å²) in [6.45, 7) is 1.27. The first-order chi connectivity index (χ1) is 9.01. The molecule has 5 nitrogen and oxygen atoms in total. The van der Waals surface area contributed by atoms with Crippen molar-refractivity contribution in [3.8, 4) is 0 Å². The van der Waals surface area contributed by atoms with Crippen LogP contribution in [-0.4, -0.2) is 37.0 Å². The first kappa shape index (κ1) is 14.5. The molecule has 0 unspecified atom stereocenters. The van der Waals surface area contributed by atoms with Crippen molar-refractivity contribution in [3.63, 3.8) is 0 Å². The van der Waals surface area contributed by atoms with E-state index < -0.39 is 10.0 Å². The van der Waals surface area contributed by atoms with Gasteiger partial charge in [0.1, 0.15) is 0 Å². The molecule has 0 saturated carbocycles. The molecule has 1 aromatic rings. The summed E-state index contributed by atoms with van der Waals surface area (Å²) in [6, 6.07) is 7.31. The molecule has 2 rings (SSSR count). The van der Waals surface area contributed by atoms with Crippen LogP contribution in [0, 0.1) is 0 Å². The van der Waals surface area contributed by atoms with Crippen molar-refractivity contribution < 1.29 is 13.5 Å². The summed E-state index contributed by atoms with van der Waals surface area (Å²) in [6.07, 6.45) is 0.673. The Morgan fingerprint density at radius 1 is 1.16 bits per heavy atom. The largest absolute Gasteiger partial charge is 0.393 e. The first-order valence-corrected chi connectivity index (χ1v) is 8.06. The third-order valence-electron chi connectivity index (χ3n) is 3.42. The summed E-state index contributed by atoms with van der Waals surface area (Å²) in [4.78, 5) is 0. The second-order valence-corrected chi connectivity index (χ2v) is 6.88. The van der Waals surface area contributed by atoms with Gasteiger partial charge in [-0.05, 0) is 24.0 Å². The Morgan fingerprint density at radius 3 is 2.21 bits per heavy atom. The molecule has 0 radical (unpaired) electrons. The minimum Gasteiger partial charge on any atom is -0.393 e. The fraction of sp³-hybridized carbons (Fsp3) is 0.538. The molecule has 3 N–H and O–H groups in total. The molecule has 1 aliphatic rings. The number of nitrogens with two attached hydrogens (primary N) is 1. The fourth-order valence-corrected chi connectivity index (χ4v) is 3.76. The van der Waals surface area contributed by atoms with Crippen LogP contribution in [0.2, 0.25) is 0 Å². The van der Waals surface area contributed by atoms with E-state index in [-0.39, 0.29) is 11.9 Å². The summed E-state index contributed by atoms with van der Waals surface area (Å²) in [7, 11) is -3.29. The van der Waals surface area contributed by atoms with E-state index in [0.717, 1.165) is 11.1 Å². The smallest absolute Gasteiger partial charge is 0.218 e. The third kappa shape index (κ3) is 3.76. The minimum absolute atomic E-state index is 0.00788. The molecule has 0 aromatic heterocycles. The van der Waals surface area contributed by atoms with Gasteiger partial charge in [0.15, 0.2) is 0 Å². The average molecular weight is 284 g/mol. The van der Waals surface area contributed by atoms with E-state index in [9.17, 15) is 13.5 Å². The van der Waals surface area contributed by atoms with E-state index >= 15 is 0 Å². The van der Waals surface area contributed by atoms with Gasteiger partial charge in [-0.25, -0.2) is 12.7 Å². The first-order valence-electron chi connectivity index (χ1n) is 6.45. The maximum atomic E-state index is 12.2. The number of aliphatic hydroxyl groups is 1. The highest BCUT2D eigenvalue weighted by atomic mass is 32.2. The number of rotatable bonds is 4. The van der Waals surface area contributed by atoms with Gasteiger partial charge in [-0.3, -0.25) is 0 Å². The summed E-state index contributed by atoms with van der Waals surface area (Å²) in [5.74, 6) is 0.00788. The quantitative estimate of drug-likeness (QED) is 0.840. The highest BCUT2D eigenvalue weighted by Gasteiger charge is 2.27. The Balaban J connectivity index is 2.03. The lowest BCUT2D eigenvalue weighted by Gasteiger charge is -2.28. The van der Waals surface area contributed by atoms with Crippen molar-refractivity contribution >= 4 is 10.0 Å². The van der Waals surface area contributed by atoms with Crippen molar-refractivity contribution in [2.75, 3.05) is 13.1 Å². The lowest BCUT2D eigenvalue weighted by molar-refractivity contribution is 0.113. The molecule has 19 heavy (non-hydrogen) atoms. The molecule has 1 saturated heterocycles. The molecule has 1 heterocycles. The topological polar surface area (TPSA) is 83.6 Å². The van der Waals surface area contributed by atoms with Crippen molar-refractivity contribution in [1.29, 1.82) is 0 Å². The number of piperidine rings is 1. The van der Waals surface area contributed by atoms with Crippen LogP contribution in [0.4, 0.5) is 0 Å². The van der Waals surface area contributed by atoms with Gasteiger partial charge in [0.05, 0.1) is 11.9 Å². The van der Waals surface area contributed by atoms with Gasteiger partial charge in [0, 0.05) is 19.6 Å². The van der Waals surface area contributed by atoms with Gasteiger partial charge in [0.25, 0.3) is 0 Å². The van der Waals surface area contributed by atoms with Crippen LogP contribution >= 0.6 is 0 Å². The van der Waals surface area contributed by atoms with Crippen molar-refractivity contribution in [2.24, 2.45) is 5.73 Å². The summed E-state index contributed by atoms with van der Waals surface area (Å²) in [5.41, 5.74) is 7.26. The van der Waals surface area contributed by atoms with E-state index in [1.54, 1.807) is 12.1 Å². The molecule has 6 heteroatoms.